The van der Waals surface area contributed by atoms with Crippen LogP contribution in [0.2, 0.25) is 0 Å². The molecule has 2 N–H and O–H groups in total. The molecule has 0 bridgehead atoms. The summed E-state index contributed by atoms with van der Waals surface area (Å²) in [5.41, 5.74) is -1.08. The van der Waals surface area contributed by atoms with E-state index in [1.54, 1.807) is 0 Å². The molecule has 25 heavy (non-hydrogen) atoms. The van der Waals surface area contributed by atoms with Crippen LogP contribution in [0.1, 0.15) is 32.8 Å². The van der Waals surface area contributed by atoms with E-state index in [1.165, 1.54) is 31.2 Å². The van der Waals surface area contributed by atoms with Crippen LogP contribution in [-0.4, -0.2) is 40.3 Å². The van der Waals surface area contributed by atoms with Gasteiger partial charge in [-0.25, -0.2) is 4.79 Å². The van der Waals surface area contributed by atoms with Gasteiger partial charge in [0, 0.05) is 18.2 Å². The first-order valence-corrected chi connectivity index (χ1v) is 7.87. The molecular formula is C16H20N4O5. The summed E-state index contributed by atoms with van der Waals surface area (Å²) in [5.74, 6) is -1.00. The van der Waals surface area contributed by atoms with E-state index >= 15 is 0 Å². The number of amides is 4. The molecule has 4 amide bonds. The van der Waals surface area contributed by atoms with Gasteiger partial charge in [0.25, 0.3) is 11.6 Å². The molecule has 1 fully saturated rings. The van der Waals surface area contributed by atoms with Gasteiger partial charge in [-0.2, -0.15) is 0 Å². The molecule has 0 radical (unpaired) electrons. The van der Waals surface area contributed by atoms with Crippen molar-refractivity contribution in [3.8, 4) is 0 Å². The number of nitro benzene ring substituents is 1. The minimum absolute atomic E-state index is 0.0608. The normalized spacial score (nSPS) is 21.0. The lowest BCUT2D eigenvalue weighted by atomic mass is 9.92. The lowest BCUT2D eigenvalue weighted by Crippen LogP contribution is -2.44. The highest BCUT2D eigenvalue weighted by molar-refractivity contribution is 6.09. The molecule has 1 aromatic carbocycles. The second-order valence-electron chi connectivity index (χ2n) is 6.13. The van der Waals surface area contributed by atoms with Crippen LogP contribution in [0.25, 0.3) is 0 Å². The van der Waals surface area contributed by atoms with E-state index in [0.717, 1.165) is 11.3 Å². The Bertz CT molecular complexity index is 718. The van der Waals surface area contributed by atoms with Crippen LogP contribution in [0.15, 0.2) is 24.3 Å². The average Bonchev–Trinajstić information content (AvgIpc) is 2.79. The highest BCUT2D eigenvalue weighted by Crippen LogP contribution is 2.29. The van der Waals surface area contributed by atoms with Crippen molar-refractivity contribution < 1.29 is 19.3 Å². The second-order valence-corrected chi connectivity index (χ2v) is 6.13. The van der Waals surface area contributed by atoms with Gasteiger partial charge in [0.15, 0.2) is 0 Å². The Hall–Kier alpha value is -2.97. The summed E-state index contributed by atoms with van der Waals surface area (Å²) in [6, 6.07) is 4.62. The van der Waals surface area contributed by atoms with Gasteiger partial charge in [-0.05, 0) is 38.0 Å². The molecule has 1 aliphatic rings. The predicted octanol–water partition coefficient (Wildman–Crippen LogP) is 1.28. The molecule has 1 aromatic rings. The Labute approximate surface area is 144 Å². The molecule has 2 atom stereocenters. The number of carbonyl (C=O) groups excluding carboxylic acids is 3. The first-order valence-electron chi connectivity index (χ1n) is 7.87. The summed E-state index contributed by atoms with van der Waals surface area (Å²) in [4.78, 5) is 47.8. The molecule has 2 unspecified atom stereocenters. The number of nitrogens with one attached hydrogen (secondary N) is 2. The van der Waals surface area contributed by atoms with Crippen molar-refractivity contribution in [3.63, 3.8) is 0 Å². The third-order valence-electron chi connectivity index (χ3n) is 4.25. The van der Waals surface area contributed by atoms with Crippen LogP contribution in [0, 0.1) is 10.1 Å². The Morgan fingerprint density at radius 2 is 1.96 bits per heavy atom. The molecule has 0 aromatic heterocycles. The number of hydrogen-bond donors (Lipinski definition) is 2. The molecule has 1 aliphatic heterocycles. The van der Waals surface area contributed by atoms with Crippen molar-refractivity contribution in [3.05, 3.63) is 39.9 Å². The van der Waals surface area contributed by atoms with Crippen molar-refractivity contribution in [1.29, 1.82) is 0 Å². The number of rotatable bonds is 6. The van der Waals surface area contributed by atoms with E-state index in [-0.39, 0.29) is 18.3 Å². The molecule has 1 heterocycles. The maximum absolute atomic E-state index is 12.7. The highest BCUT2D eigenvalue weighted by Gasteiger charge is 2.49. The third kappa shape index (κ3) is 3.59. The lowest BCUT2D eigenvalue weighted by Gasteiger charge is -2.22. The van der Waals surface area contributed by atoms with Gasteiger partial charge in [0.2, 0.25) is 5.91 Å². The van der Waals surface area contributed by atoms with Crippen LogP contribution in [-0.2, 0) is 15.1 Å². The van der Waals surface area contributed by atoms with Crippen LogP contribution in [0.4, 0.5) is 10.5 Å². The van der Waals surface area contributed by atoms with E-state index in [0.29, 0.717) is 5.56 Å². The van der Waals surface area contributed by atoms with Crippen molar-refractivity contribution >= 4 is 23.5 Å². The molecular weight excluding hydrogens is 328 g/mol. The highest BCUT2D eigenvalue weighted by atomic mass is 16.6. The van der Waals surface area contributed by atoms with Crippen molar-refractivity contribution in [1.82, 2.24) is 15.5 Å². The summed E-state index contributed by atoms with van der Waals surface area (Å²) < 4.78 is 0. The topological polar surface area (TPSA) is 122 Å². The second kappa shape index (κ2) is 6.88. The fraction of sp³-hybridized carbons (Fsp3) is 0.438. The zero-order chi connectivity index (χ0) is 18.8. The number of urea groups is 1. The number of non-ortho nitro benzene ring substituents is 1. The number of benzene rings is 1. The quantitative estimate of drug-likeness (QED) is 0.455. The number of hydrogen-bond acceptors (Lipinski definition) is 5. The number of carbonyl (C=O) groups is 3. The van der Waals surface area contributed by atoms with Crippen molar-refractivity contribution in [2.45, 2.75) is 38.8 Å². The number of imide groups is 1. The predicted molar refractivity (Wildman–Crippen MR) is 88.6 cm³/mol. The van der Waals surface area contributed by atoms with Crippen LogP contribution < -0.4 is 10.6 Å². The number of nitro groups is 1. The average molecular weight is 348 g/mol. The maximum atomic E-state index is 12.7. The van der Waals surface area contributed by atoms with Crippen molar-refractivity contribution in [2.75, 3.05) is 6.54 Å². The first kappa shape index (κ1) is 18.4. The molecule has 0 aliphatic carbocycles. The summed E-state index contributed by atoms with van der Waals surface area (Å²) in [7, 11) is 0. The van der Waals surface area contributed by atoms with Gasteiger partial charge in [-0.1, -0.05) is 6.92 Å². The molecule has 0 spiro atoms. The summed E-state index contributed by atoms with van der Waals surface area (Å²) in [6.45, 7) is 4.85. The van der Waals surface area contributed by atoms with Gasteiger partial charge in [-0.15, -0.1) is 0 Å². The summed E-state index contributed by atoms with van der Waals surface area (Å²) in [5, 5.41) is 16.0. The van der Waals surface area contributed by atoms with Gasteiger partial charge in [-0.3, -0.25) is 24.6 Å². The van der Waals surface area contributed by atoms with Crippen molar-refractivity contribution in [2.24, 2.45) is 0 Å². The van der Waals surface area contributed by atoms with Gasteiger partial charge in [0.05, 0.1) is 4.92 Å². The van der Waals surface area contributed by atoms with E-state index in [4.69, 9.17) is 0 Å². The fourth-order valence-corrected chi connectivity index (χ4v) is 2.52. The third-order valence-corrected chi connectivity index (χ3v) is 4.25. The van der Waals surface area contributed by atoms with Crippen LogP contribution in [0.3, 0.4) is 0 Å². The number of nitrogens with zero attached hydrogens (tertiary/aromatic N) is 2. The standard InChI is InChI=1S/C16H20N4O5/c1-4-10(2)17-13(21)9-19-14(22)16(3,18-15(19)23)11-5-7-12(8-6-11)20(24)25/h5-8,10H,4,9H2,1-3H3,(H,17,21)(H,18,23). The van der Waals surface area contributed by atoms with E-state index in [1.807, 2.05) is 13.8 Å². The Morgan fingerprint density at radius 1 is 1.36 bits per heavy atom. The van der Waals surface area contributed by atoms with E-state index in [9.17, 15) is 24.5 Å². The largest absolute Gasteiger partial charge is 0.352 e. The molecule has 2 rings (SSSR count). The zero-order valence-electron chi connectivity index (χ0n) is 14.2. The SMILES string of the molecule is CCC(C)NC(=O)CN1C(=O)NC(C)(c2ccc([N+](=O)[O-])cc2)C1=O. The van der Waals surface area contributed by atoms with Crippen LogP contribution in [0.5, 0.6) is 0 Å². The Kier molecular flexibility index (Phi) is 5.05. The maximum Gasteiger partial charge on any atom is 0.325 e. The molecule has 9 nitrogen and oxygen atoms in total. The van der Waals surface area contributed by atoms with E-state index in [2.05, 4.69) is 10.6 Å². The Balaban J connectivity index is 2.18. The van der Waals surface area contributed by atoms with Gasteiger partial charge >= 0.3 is 6.03 Å². The van der Waals surface area contributed by atoms with E-state index < -0.39 is 28.3 Å². The molecule has 0 saturated carbocycles. The summed E-state index contributed by atoms with van der Waals surface area (Å²) in [6.07, 6.45) is 0.729. The minimum atomic E-state index is -1.37. The van der Waals surface area contributed by atoms with Gasteiger partial charge < -0.3 is 10.6 Å². The van der Waals surface area contributed by atoms with Gasteiger partial charge in [0.1, 0.15) is 12.1 Å². The first-order chi connectivity index (χ1) is 11.7. The monoisotopic (exact) mass is 348 g/mol. The Morgan fingerprint density at radius 3 is 2.48 bits per heavy atom. The minimum Gasteiger partial charge on any atom is -0.352 e. The molecule has 134 valence electrons. The smallest absolute Gasteiger partial charge is 0.325 e. The fourth-order valence-electron chi connectivity index (χ4n) is 2.52. The van der Waals surface area contributed by atoms with Crippen LogP contribution >= 0.6 is 0 Å². The lowest BCUT2D eigenvalue weighted by molar-refractivity contribution is -0.384. The summed E-state index contributed by atoms with van der Waals surface area (Å²) >= 11 is 0. The molecule has 1 saturated heterocycles. The molecule has 9 heteroatoms. The zero-order valence-corrected chi connectivity index (χ0v) is 14.2.